The van der Waals surface area contributed by atoms with Crippen molar-refractivity contribution in [2.24, 2.45) is 5.73 Å². The number of rotatable bonds is 4. The minimum Gasteiger partial charge on any atom is -0.327 e. The van der Waals surface area contributed by atoms with Gasteiger partial charge in [0.05, 0.1) is 0 Å². The Morgan fingerprint density at radius 1 is 1.29 bits per heavy atom. The fraction of sp³-hybridized carbons (Fsp3) is 0.538. The number of likely N-dealkylation sites (tertiary alicyclic amines) is 1. The Kier molecular flexibility index (Phi) is 6.97. The van der Waals surface area contributed by atoms with Gasteiger partial charge in [-0.1, -0.05) is 18.2 Å². The summed E-state index contributed by atoms with van der Waals surface area (Å²) >= 11 is 1.93. The molecule has 1 aliphatic rings. The van der Waals surface area contributed by atoms with E-state index in [9.17, 15) is 0 Å². The summed E-state index contributed by atoms with van der Waals surface area (Å²) in [5, 5.41) is 0. The van der Waals surface area contributed by atoms with Gasteiger partial charge in [0.2, 0.25) is 0 Å². The van der Waals surface area contributed by atoms with E-state index in [2.05, 4.69) is 35.2 Å². The highest BCUT2D eigenvalue weighted by Gasteiger charge is 2.15. The van der Waals surface area contributed by atoms with Crippen molar-refractivity contribution in [2.75, 3.05) is 25.4 Å². The zero-order chi connectivity index (χ0) is 11.2. The third-order valence-electron chi connectivity index (χ3n) is 2.96. The number of hydrogen-bond acceptors (Lipinski definition) is 3. The number of benzene rings is 1. The van der Waals surface area contributed by atoms with Crippen molar-refractivity contribution in [1.29, 1.82) is 0 Å². The number of nitrogens with zero attached hydrogens (tertiary/aromatic N) is 1. The van der Waals surface area contributed by atoms with Crippen LogP contribution in [0.15, 0.2) is 35.2 Å². The second-order valence-corrected chi connectivity index (χ2v) is 5.53. The minimum atomic E-state index is 0. The number of thioether (sulfide) groups is 1. The van der Waals surface area contributed by atoms with Crippen molar-refractivity contribution in [1.82, 2.24) is 4.90 Å². The Bertz CT molecular complexity index is 308. The molecule has 17 heavy (non-hydrogen) atoms. The van der Waals surface area contributed by atoms with Crippen molar-refractivity contribution < 1.29 is 0 Å². The molecular weight excluding hydrogens is 252 g/mol. The first-order valence-electron chi connectivity index (χ1n) is 6.00. The summed E-state index contributed by atoms with van der Waals surface area (Å²) in [6.07, 6.45) is 2.46. The molecule has 1 aromatic carbocycles. The van der Waals surface area contributed by atoms with Gasteiger partial charge in [-0.2, -0.15) is 0 Å². The normalized spacial score (nSPS) is 20.9. The number of halogens is 1. The van der Waals surface area contributed by atoms with Crippen molar-refractivity contribution in [3.63, 3.8) is 0 Å². The van der Waals surface area contributed by atoms with E-state index in [4.69, 9.17) is 5.73 Å². The van der Waals surface area contributed by atoms with Crippen LogP contribution in [0.2, 0.25) is 0 Å². The quantitative estimate of drug-likeness (QED) is 0.855. The van der Waals surface area contributed by atoms with Gasteiger partial charge in [0, 0.05) is 29.8 Å². The Labute approximate surface area is 114 Å². The van der Waals surface area contributed by atoms with Gasteiger partial charge in [-0.25, -0.2) is 0 Å². The molecule has 1 heterocycles. The molecule has 1 fully saturated rings. The molecule has 1 aromatic rings. The minimum absolute atomic E-state index is 0. The van der Waals surface area contributed by atoms with Crippen LogP contribution in [0.5, 0.6) is 0 Å². The maximum absolute atomic E-state index is 5.96. The molecule has 2 rings (SSSR count). The molecule has 1 aliphatic heterocycles. The lowest BCUT2D eigenvalue weighted by molar-refractivity contribution is 0.221. The first-order chi connectivity index (χ1) is 7.84. The molecule has 4 heteroatoms. The lowest BCUT2D eigenvalue weighted by Crippen LogP contribution is -2.43. The van der Waals surface area contributed by atoms with Crippen LogP contribution >= 0.6 is 24.2 Å². The van der Waals surface area contributed by atoms with Crippen LogP contribution in [-0.4, -0.2) is 36.3 Å². The van der Waals surface area contributed by atoms with E-state index >= 15 is 0 Å². The SMILES string of the molecule is Cl.N[C@@H]1CCCN(CCSc2ccccc2)C1. The maximum Gasteiger partial charge on any atom is 0.0168 e. The van der Waals surface area contributed by atoms with Crippen LogP contribution in [0, 0.1) is 0 Å². The Hall–Kier alpha value is -0.220. The molecule has 0 radical (unpaired) electrons. The average molecular weight is 273 g/mol. The molecule has 0 saturated carbocycles. The monoisotopic (exact) mass is 272 g/mol. The van der Waals surface area contributed by atoms with E-state index in [0.717, 1.165) is 18.8 Å². The fourth-order valence-corrected chi connectivity index (χ4v) is 3.04. The smallest absolute Gasteiger partial charge is 0.0168 e. The zero-order valence-corrected chi connectivity index (χ0v) is 11.7. The largest absolute Gasteiger partial charge is 0.327 e. The van der Waals surface area contributed by atoms with Gasteiger partial charge < -0.3 is 10.6 Å². The fourth-order valence-electron chi connectivity index (χ4n) is 2.10. The first-order valence-corrected chi connectivity index (χ1v) is 6.99. The number of piperidine rings is 1. The lowest BCUT2D eigenvalue weighted by Gasteiger charge is -2.30. The van der Waals surface area contributed by atoms with E-state index in [1.165, 1.54) is 24.3 Å². The highest BCUT2D eigenvalue weighted by atomic mass is 35.5. The summed E-state index contributed by atoms with van der Waals surface area (Å²) in [7, 11) is 0. The highest BCUT2D eigenvalue weighted by Crippen LogP contribution is 2.17. The molecule has 0 spiro atoms. The third-order valence-corrected chi connectivity index (χ3v) is 3.95. The van der Waals surface area contributed by atoms with E-state index in [0.29, 0.717) is 6.04 Å². The van der Waals surface area contributed by atoms with Crippen LogP contribution in [0.4, 0.5) is 0 Å². The summed E-state index contributed by atoms with van der Waals surface area (Å²) in [5.74, 6) is 1.16. The standard InChI is InChI=1S/C13H20N2S.ClH/c14-12-5-4-8-15(11-12)9-10-16-13-6-2-1-3-7-13;/h1-3,6-7,12H,4-5,8-11,14H2;1H/t12-;/m1./s1. The van der Waals surface area contributed by atoms with Crippen molar-refractivity contribution in [3.8, 4) is 0 Å². The van der Waals surface area contributed by atoms with E-state index in [-0.39, 0.29) is 12.4 Å². The lowest BCUT2D eigenvalue weighted by atomic mass is 10.1. The molecule has 1 atom stereocenters. The van der Waals surface area contributed by atoms with Gasteiger partial charge in [-0.3, -0.25) is 0 Å². The zero-order valence-electron chi connectivity index (χ0n) is 10.0. The van der Waals surface area contributed by atoms with E-state index in [1.807, 2.05) is 11.8 Å². The topological polar surface area (TPSA) is 29.3 Å². The molecule has 2 nitrogen and oxygen atoms in total. The molecule has 0 unspecified atom stereocenters. The van der Waals surface area contributed by atoms with Crippen LogP contribution in [0.25, 0.3) is 0 Å². The summed E-state index contributed by atoms with van der Waals surface area (Å²) in [5.41, 5.74) is 5.96. The van der Waals surface area contributed by atoms with Crippen molar-refractivity contribution in [3.05, 3.63) is 30.3 Å². The van der Waals surface area contributed by atoms with Crippen LogP contribution in [0.3, 0.4) is 0 Å². The van der Waals surface area contributed by atoms with E-state index in [1.54, 1.807) is 0 Å². The highest BCUT2D eigenvalue weighted by molar-refractivity contribution is 7.99. The van der Waals surface area contributed by atoms with Gasteiger partial charge in [-0.05, 0) is 31.5 Å². The number of hydrogen-bond donors (Lipinski definition) is 1. The van der Waals surface area contributed by atoms with Gasteiger partial charge in [0.1, 0.15) is 0 Å². The van der Waals surface area contributed by atoms with E-state index < -0.39 is 0 Å². The summed E-state index contributed by atoms with van der Waals surface area (Å²) in [6.45, 7) is 3.46. The second-order valence-electron chi connectivity index (χ2n) is 4.36. The Morgan fingerprint density at radius 3 is 2.76 bits per heavy atom. The molecule has 0 aliphatic carbocycles. The molecule has 0 amide bonds. The van der Waals surface area contributed by atoms with Crippen molar-refractivity contribution >= 4 is 24.2 Å². The second kappa shape index (κ2) is 7.98. The number of nitrogens with two attached hydrogens (primary N) is 1. The predicted octanol–water partition coefficient (Wildman–Crippen LogP) is 2.62. The molecule has 2 N–H and O–H groups in total. The Balaban J connectivity index is 0.00000144. The molecule has 0 bridgehead atoms. The average Bonchev–Trinajstić information content (AvgIpc) is 2.30. The molecule has 0 aromatic heterocycles. The first kappa shape index (κ1) is 14.8. The van der Waals surface area contributed by atoms with Crippen LogP contribution < -0.4 is 5.73 Å². The van der Waals surface area contributed by atoms with Crippen molar-refractivity contribution in [2.45, 2.75) is 23.8 Å². The molecular formula is C13H21ClN2S. The molecule has 1 saturated heterocycles. The van der Waals surface area contributed by atoms with Gasteiger partial charge in [0.15, 0.2) is 0 Å². The summed E-state index contributed by atoms with van der Waals surface area (Å²) < 4.78 is 0. The van der Waals surface area contributed by atoms with Gasteiger partial charge in [0.25, 0.3) is 0 Å². The van der Waals surface area contributed by atoms with Crippen LogP contribution in [-0.2, 0) is 0 Å². The van der Waals surface area contributed by atoms with Crippen LogP contribution in [0.1, 0.15) is 12.8 Å². The summed E-state index contributed by atoms with van der Waals surface area (Å²) in [4.78, 5) is 3.85. The maximum atomic E-state index is 5.96. The van der Waals surface area contributed by atoms with Gasteiger partial charge in [-0.15, -0.1) is 24.2 Å². The van der Waals surface area contributed by atoms with Gasteiger partial charge >= 0.3 is 0 Å². The Morgan fingerprint density at radius 2 is 2.06 bits per heavy atom. The third kappa shape index (κ3) is 5.30. The predicted molar refractivity (Wildman–Crippen MR) is 78.1 cm³/mol. The molecule has 96 valence electrons. The summed E-state index contributed by atoms with van der Waals surface area (Å²) in [6, 6.07) is 11.0.